The van der Waals surface area contributed by atoms with Crippen LogP contribution >= 0.6 is 0 Å². The number of aromatic nitrogens is 5. The highest BCUT2D eigenvalue weighted by Crippen LogP contribution is 2.30. The highest BCUT2D eigenvalue weighted by molar-refractivity contribution is 5.98. The summed E-state index contributed by atoms with van der Waals surface area (Å²) in [6.07, 6.45) is 3.82. The summed E-state index contributed by atoms with van der Waals surface area (Å²) in [7, 11) is 1.63. The number of methoxy groups -OCH3 is 1. The Morgan fingerprint density at radius 3 is 2.58 bits per heavy atom. The van der Waals surface area contributed by atoms with Crippen molar-refractivity contribution >= 4 is 17.5 Å². The molecule has 2 heterocycles. The molecule has 196 valence electrons. The quantitative estimate of drug-likeness (QED) is 0.107. The number of carbonyl (C=O) groups excluding carboxylic acids is 1. The molecule has 38 heavy (non-hydrogen) atoms. The van der Waals surface area contributed by atoms with E-state index in [0.717, 1.165) is 27.8 Å². The summed E-state index contributed by atoms with van der Waals surface area (Å²) in [4.78, 5) is 35.6. The molecule has 0 amide bonds. The average molecular weight is 517 g/mol. The van der Waals surface area contributed by atoms with Crippen LogP contribution in [-0.2, 0) is 22.6 Å². The Morgan fingerprint density at radius 2 is 1.92 bits per heavy atom. The van der Waals surface area contributed by atoms with Gasteiger partial charge in [0.25, 0.3) is 5.95 Å². The topological polar surface area (TPSA) is 174 Å². The minimum Gasteiger partial charge on any atom is -0.426 e. The van der Waals surface area contributed by atoms with E-state index in [9.17, 15) is 9.59 Å². The lowest BCUT2D eigenvalue weighted by atomic mass is 9.98. The lowest BCUT2D eigenvalue weighted by molar-refractivity contribution is -0.131. The lowest BCUT2D eigenvalue weighted by Crippen LogP contribution is -2.18. The van der Waals surface area contributed by atoms with E-state index in [1.54, 1.807) is 31.4 Å². The molecule has 1 unspecified atom stereocenters. The van der Waals surface area contributed by atoms with Crippen LogP contribution in [0.2, 0.25) is 0 Å². The van der Waals surface area contributed by atoms with Gasteiger partial charge in [0, 0.05) is 38.2 Å². The number of nitrogens with one attached hydrogen (secondary N) is 3. The van der Waals surface area contributed by atoms with Crippen LogP contribution in [0, 0.1) is 5.41 Å². The van der Waals surface area contributed by atoms with Gasteiger partial charge in [-0.15, -0.1) is 9.78 Å². The molecule has 2 aromatic carbocycles. The maximum atomic E-state index is 12.8. The number of nitrogens with two attached hydrogens (primary N) is 1. The summed E-state index contributed by atoms with van der Waals surface area (Å²) in [5, 5.41) is 15.7. The molecular formula is C26H28N8O4. The first kappa shape index (κ1) is 26.2. The number of benzene rings is 2. The summed E-state index contributed by atoms with van der Waals surface area (Å²) >= 11 is 0. The second-order valence-electron chi connectivity index (χ2n) is 8.44. The van der Waals surface area contributed by atoms with Crippen LogP contribution in [0.3, 0.4) is 0 Å². The van der Waals surface area contributed by atoms with E-state index in [-0.39, 0.29) is 23.1 Å². The average Bonchev–Trinajstić information content (AvgIpc) is 3.28. The first-order valence-electron chi connectivity index (χ1n) is 11.8. The highest BCUT2D eigenvalue weighted by Gasteiger charge is 2.23. The Bertz CT molecular complexity index is 1510. The Labute approximate surface area is 218 Å². The predicted octanol–water partition coefficient (Wildman–Crippen LogP) is 2.47. The molecule has 0 spiro atoms. The van der Waals surface area contributed by atoms with Crippen molar-refractivity contribution in [1.82, 2.24) is 24.7 Å². The highest BCUT2D eigenvalue weighted by atomic mass is 16.5. The zero-order valence-electron chi connectivity index (χ0n) is 21.2. The molecule has 0 aliphatic heterocycles. The van der Waals surface area contributed by atoms with E-state index in [4.69, 9.17) is 20.6 Å². The Kier molecular flexibility index (Phi) is 7.92. The van der Waals surface area contributed by atoms with Gasteiger partial charge in [-0.25, -0.2) is 14.8 Å². The number of carbonyl (C=O) groups is 1. The van der Waals surface area contributed by atoms with Gasteiger partial charge in [0.05, 0.1) is 12.2 Å². The normalized spacial score (nSPS) is 11.7. The third-order valence-electron chi connectivity index (χ3n) is 5.61. The maximum Gasteiger partial charge on any atom is 0.350 e. The number of esters is 1. The molecule has 0 aliphatic carbocycles. The van der Waals surface area contributed by atoms with Gasteiger partial charge in [0.1, 0.15) is 17.6 Å². The van der Waals surface area contributed by atoms with Crippen molar-refractivity contribution in [2.45, 2.75) is 32.9 Å². The molecule has 0 radical (unpaired) electrons. The minimum atomic E-state index is -0.636. The van der Waals surface area contributed by atoms with Crippen LogP contribution in [0.1, 0.15) is 48.0 Å². The van der Waals surface area contributed by atoms with Gasteiger partial charge in [-0.05, 0) is 41.3 Å². The zero-order chi connectivity index (χ0) is 27.2. The predicted molar refractivity (Wildman–Crippen MR) is 141 cm³/mol. The van der Waals surface area contributed by atoms with E-state index in [2.05, 4.69) is 31.4 Å². The van der Waals surface area contributed by atoms with Gasteiger partial charge in [0.2, 0.25) is 0 Å². The van der Waals surface area contributed by atoms with E-state index >= 15 is 0 Å². The molecule has 0 bridgehead atoms. The van der Waals surface area contributed by atoms with Crippen molar-refractivity contribution in [2.24, 2.45) is 5.73 Å². The Morgan fingerprint density at radius 1 is 1.18 bits per heavy atom. The van der Waals surface area contributed by atoms with Crippen LogP contribution in [0.4, 0.5) is 5.69 Å². The van der Waals surface area contributed by atoms with Gasteiger partial charge in [-0.2, -0.15) is 0 Å². The number of aromatic amines is 1. The molecule has 2 aromatic heterocycles. The first-order valence-corrected chi connectivity index (χ1v) is 11.8. The second kappa shape index (κ2) is 11.5. The smallest absolute Gasteiger partial charge is 0.350 e. The lowest BCUT2D eigenvalue weighted by Gasteiger charge is -2.21. The third-order valence-corrected chi connectivity index (χ3v) is 5.61. The number of H-pyrrole nitrogens is 1. The van der Waals surface area contributed by atoms with Crippen molar-refractivity contribution in [3.05, 3.63) is 93.4 Å². The molecule has 5 N–H and O–H groups in total. The molecule has 4 aromatic rings. The van der Waals surface area contributed by atoms with Crippen LogP contribution in [-0.4, -0.2) is 43.6 Å². The fourth-order valence-corrected chi connectivity index (χ4v) is 3.97. The van der Waals surface area contributed by atoms with Crippen LogP contribution in [0.15, 0.2) is 59.7 Å². The summed E-state index contributed by atoms with van der Waals surface area (Å²) in [6, 6.07) is 11.9. The minimum absolute atomic E-state index is 0.129. The van der Waals surface area contributed by atoms with Crippen molar-refractivity contribution in [1.29, 1.82) is 5.41 Å². The number of rotatable bonds is 10. The van der Waals surface area contributed by atoms with Gasteiger partial charge in [-0.1, -0.05) is 25.1 Å². The number of aryl methyl sites for hydroxylation is 1. The van der Waals surface area contributed by atoms with E-state index < -0.39 is 17.7 Å². The largest absolute Gasteiger partial charge is 0.426 e. The number of hydrogen-bond donors (Lipinski definition) is 4. The second-order valence-corrected chi connectivity index (χ2v) is 8.44. The van der Waals surface area contributed by atoms with Crippen LogP contribution in [0.5, 0.6) is 5.75 Å². The number of amidine groups is 1. The molecule has 0 fully saturated rings. The molecule has 0 aliphatic rings. The summed E-state index contributed by atoms with van der Waals surface area (Å²) in [5.74, 6) is -0.220. The van der Waals surface area contributed by atoms with Gasteiger partial charge >= 0.3 is 11.7 Å². The van der Waals surface area contributed by atoms with Crippen molar-refractivity contribution < 1.29 is 14.3 Å². The third kappa shape index (κ3) is 5.93. The monoisotopic (exact) mass is 516 g/mol. The summed E-state index contributed by atoms with van der Waals surface area (Å²) in [5.41, 5.74) is 8.82. The number of hydrogen-bond acceptors (Lipinski definition) is 9. The fourth-order valence-electron chi connectivity index (χ4n) is 3.97. The number of nitrogen functional groups attached to an aromatic ring is 1. The number of nitrogens with zero attached hydrogens (tertiary/aromatic N) is 4. The van der Waals surface area contributed by atoms with E-state index in [0.29, 0.717) is 18.1 Å². The first-order chi connectivity index (χ1) is 18.3. The maximum absolute atomic E-state index is 12.8. The van der Waals surface area contributed by atoms with Crippen molar-refractivity contribution in [3.8, 4) is 11.7 Å². The Hall–Kier alpha value is -4.84. The summed E-state index contributed by atoms with van der Waals surface area (Å²) in [6.45, 7) is 3.72. The molecule has 12 nitrogen and oxygen atoms in total. The van der Waals surface area contributed by atoms with Gasteiger partial charge in [0.15, 0.2) is 5.82 Å². The van der Waals surface area contributed by atoms with Gasteiger partial charge in [-0.3, -0.25) is 15.2 Å². The van der Waals surface area contributed by atoms with Gasteiger partial charge < -0.3 is 20.5 Å². The molecule has 1 atom stereocenters. The number of ether oxygens (including phenoxy) is 2. The van der Waals surface area contributed by atoms with Crippen LogP contribution in [0.25, 0.3) is 5.95 Å². The van der Waals surface area contributed by atoms with E-state index in [1.807, 2.05) is 19.1 Å². The molecule has 4 rings (SSSR count). The summed E-state index contributed by atoms with van der Waals surface area (Å²) < 4.78 is 11.7. The Balaban J connectivity index is 1.84. The SMILES string of the molecule is CCc1cc(COC)cc(C(Nc2ccc(C(=N)N)c(OC(C)=O)c2)c2nn(-c3ncccn3)c(=O)[nH]2)c1. The fraction of sp³-hybridized carbons (Fsp3) is 0.231. The molecule has 0 saturated carbocycles. The molecule has 0 saturated heterocycles. The van der Waals surface area contributed by atoms with Crippen LogP contribution < -0.4 is 21.5 Å². The van der Waals surface area contributed by atoms with Crippen molar-refractivity contribution in [2.75, 3.05) is 12.4 Å². The van der Waals surface area contributed by atoms with E-state index in [1.165, 1.54) is 19.3 Å². The zero-order valence-corrected chi connectivity index (χ0v) is 21.2. The molecular weight excluding hydrogens is 488 g/mol. The standard InChI is InChI=1S/C26H28N8O4/c1-4-16-10-17(14-37-3)12-18(11-16)22(24-32-26(36)34(33-24)25-29-8-5-9-30-25)31-19-6-7-20(23(27)28)21(13-19)38-15(2)35/h5-13,22,31H,4,14H2,1-3H3,(H3,27,28)(H,32,33,36). The number of anilines is 1. The van der Waals surface area contributed by atoms with Crippen molar-refractivity contribution in [3.63, 3.8) is 0 Å². The molecule has 12 heteroatoms.